The van der Waals surface area contributed by atoms with E-state index in [9.17, 15) is 5.11 Å². The van der Waals surface area contributed by atoms with Gasteiger partial charge in [-0.1, -0.05) is 20.8 Å². The predicted molar refractivity (Wildman–Crippen MR) is 67.2 cm³/mol. The molecule has 0 radical (unpaired) electrons. The molecule has 0 fully saturated rings. The Morgan fingerprint density at radius 3 is 2.59 bits per heavy atom. The van der Waals surface area contributed by atoms with Crippen molar-refractivity contribution in [2.24, 2.45) is 0 Å². The molecule has 0 saturated carbocycles. The third-order valence-electron chi connectivity index (χ3n) is 3.01. The maximum atomic E-state index is 9.99. The Hall–Kier alpha value is -1.77. The highest BCUT2D eigenvalue weighted by Gasteiger charge is 2.09. The SMILES string of the molecule is CCc1cc2c(O)cc(C(C)C)cc2oc1=N. The summed E-state index contributed by atoms with van der Waals surface area (Å²) in [5, 5.41) is 18.4. The van der Waals surface area contributed by atoms with E-state index in [2.05, 4.69) is 13.8 Å². The van der Waals surface area contributed by atoms with Crippen molar-refractivity contribution in [3.05, 3.63) is 34.9 Å². The van der Waals surface area contributed by atoms with Crippen LogP contribution >= 0.6 is 0 Å². The van der Waals surface area contributed by atoms with Gasteiger partial charge in [0.2, 0.25) is 5.55 Å². The van der Waals surface area contributed by atoms with Crippen molar-refractivity contribution in [2.45, 2.75) is 33.1 Å². The second kappa shape index (κ2) is 4.24. The third kappa shape index (κ3) is 2.05. The van der Waals surface area contributed by atoms with Crippen LogP contribution in [0.3, 0.4) is 0 Å². The summed E-state index contributed by atoms with van der Waals surface area (Å²) in [6, 6.07) is 5.50. The van der Waals surface area contributed by atoms with E-state index in [1.807, 2.05) is 19.1 Å². The summed E-state index contributed by atoms with van der Waals surface area (Å²) in [7, 11) is 0. The number of phenols is 1. The van der Waals surface area contributed by atoms with E-state index in [1.54, 1.807) is 6.07 Å². The van der Waals surface area contributed by atoms with E-state index in [1.165, 1.54) is 0 Å². The monoisotopic (exact) mass is 231 g/mol. The van der Waals surface area contributed by atoms with Gasteiger partial charge in [0.15, 0.2) is 0 Å². The van der Waals surface area contributed by atoms with Crippen LogP contribution in [0.1, 0.15) is 37.8 Å². The van der Waals surface area contributed by atoms with Crippen molar-refractivity contribution in [3.63, 3.8) is 0 Å². The smallest absolute Gasteiger partial charge is 0.215 e. The van der Waals surface area contributed by atoms with Crippen molar-refractivity contribution in [1.82, 2.24) is 0 Å². The molecule has 1 heterocycles. The highest BCUT2D eigenvalue weighted by atomic mass is 16.3. The molecule has 0 aliphatic carbocycles. The van der Waals surface area contributed by atoms with Gasteiger partial charge in [0.1, 0.15) is 11.3 Å². The lowest BCUT2D eigenvalue weighted by Gasteiger charge is -2.09. The average molecular weight is 231 g/mol. The lowest BCUT2D eigenvalue weighted by molar-refractivity contribution is 0.475. The second-order valence-corrected chi connectivity index (χ2v) is 4.56. The molecule has 2 N–H and O–H groups in total. The fourth-order valence-corrected chi connectivity index (χ4v) is 1.87. The quantitative estimate of drug-likeness (QED) is 0.833. The molecule has 3 heteroatoms. The van der Waals surface area contributed by atoms with Gasteiger partial charge in [0, 0.05) is 5.56 Å². The minimum atomic E-state index is 0.181. The van der Waals surface area contributed by atoms with Crippen LogP contribution < -0.4 is 5.55 Å². The summed E-state index contributed by atoms with van der Waals surface area (Å²) in [6.07, 6.45) is 0.726. The van der Waals surface area contributed by atoms with Crippen molar-refractivity contribution in [1.29, 1.82) is 5.41 Å². The van der Waals surface area contributed by atoms with Gasteiger partial charge in [-0.3, -0.25) is 5.41 Å². The van der Waals surface area contributed by atoms with E-state index >= 15 is 0 Å². The Morgan fingerprint density at radius 1 is 1.29 bits per heavy atom. The largest absolute Gasteiger partial charge is 0.507 e. The first-order chi connectivity index (χ1) is 8.02. The lowest BCUT2D eigenvalue weighted by Crippen LogP contribution is -2.06. The van der Waals surface area contributed by atoms with E-state index in [0.717, 1.165) is 17.5 Å². The lowest BCUT2D eigenvalue weighted by atomic mass is 10.0. The Balaban J connectivity index is 2.78. The van der Waals surface area contributed by atoms with Crippen molar-refractivity contribution in [2.75, 3.05) is 0 Å². The van der Waals surface area contributed by atoms with Crippen LogP contribution in [-0.4, -0.2) is 5.11 Å². The van der Waals surface area contributed by atoms with Crippen LogP contribution in [0.25, 0.3) is 11.0 Å². The molecule has 1 aromatic heterocycles. The number of hydrogen-bond donors (Lipinski definition) is 2. The Kier molecular flexibility index (Phi) is 2.92. The summed E-state index contributed by atoms with van der Waals surface area (Å²) in [6.45, 7) is 6.08. The number of fused-ring (bicyclic) bond motifs is 1. The maximum absolute atomic E-state index is 9.99. The molecule has 0 amide bonds. The molecule has 90 valence electrons. The minimum Gasteiger partial charge on any atom is -0.507 e. The van der Waals surface area contributed by atoms with Gasteiger partial charge in [-0.25, -0.2) is 0 Å². The Bertz CT molecular complexity index is 611. The highest BCUT2D eigenvalue weighted by Crippen LogP contribution is 2.29. The van der Waals surface area contributed by atoms with Crippen molar-refractivity contribution in [3.8, 4) is 5.75 Å². The number of aromatic hydroxyl groups is 1. The number of hydrogen-bond acceptors (Lipinski definition) is 3. The van der Waals surface area contributed by atoms with Gasteiger partial charge in [-0.15, -0.1) is 0 Å². The zero-order valence-corrected chi connectivity index (χ0v) is 10.4. The number of rotatable bonds is 2. The summed E-state index contributed by atoms with van der Waals surface area (Å²) < 4.78 is 5.46. The molecule has 0 aliphatic heterocycles. The van der Waals surface area contributed by atoms with E-state index in [-0.39, 0.29) is 11.3 Å². The average Bonchev–Trinajstić information content (AvgIpc) is 2.27. The zero-order valence-electron chi connectivity index (χ0n) is 10.4. The van der Waals surface area contributed by atoms with Gasteiger partial charge >= 0.3 is 0 Å². The van der Waals surface area contributed by atoms with Gasteiger partial charge in [-0.05, 0) is 36.1 Å². The number of benzene rings is 1. The normalized spacial score (nSPS) is 11.3. The first-order valence-corrected chi connectivity index (χ1v) is 5.87. The van der Waals surface area contributed by atoms with Crippen LogP contribution in [0.5, 0.6) is 5.75 Å². The fourth-order valence-electron chi connectivity index (χ4n) is 1.87. The van der Waals surface area contributed by atoms with Gasteiger partial charge in [0.25, 0.3) is 0 Å². The Morgan fingerprint density at radius 2 is 2.00 bits per heavy atom. The Labute approximate surface area is 100 Å². The molecule has 0 aliphatic rings. The standard InChI is InChI=1S/C14H17NO2/c1-4-9-5-11-12(16)6-10(8(2)3)7-13(11)17-14(9)15/h5-8,15-16H,4H2,1-3H3. The van der Waals surface area contributed by atoms with Crippen LogP contribution in [0.15, 0.2) is 22.6 Å². The minimum absolute atomic E-state index is 0.181. The van der Waals surface area contributed by atoms with Gasteiger partial charge in [0.05, 0.1) is 5.39 Å². The molecule has 17 heavy (non-hydrogen) atoms. The maximum Gasteiger partial charge on any atom is 0.215 e. The van der Waals surface area contributed by atoms with E-state index in [4.69, 9.17) is 9.83 Å². The first-order valence-electron chi connectivity index (χ1n) is 5.87. The fraction of sp³-hybridized carbons (Fsp3) is 0.357. The van der Waals surface area contributed by atoms with Crippen LogP contribution in [0, 0.1) is 5.41 Å². The third-order valence-corrected chi connectivity index (χ3v) is 3.01. The number of phenolic OH excluding ortho intramolecular Hbond substituents is 1. The van der Waals surface area contributed by atoms with Gasteiger partial charge in [-0.2, -0.15) is 0 Å². The van der Waals surface area contributed by atoms with Crippen molar-refractivity contribution < 1.29 is 9.52 Å². The topological polar surface area (TPSA) is 57.2 Å². The van der Waals surface area contributed by atoms with Crippen LogP contribution in [-0.2, 0) is 6.42 Å². The molecule has 0 saturated heterocycles. The summed E-state index contributed by atoms with van der Waals surface area (Å²) in [4.78, 5) is 0. The van der Waals surface area contributed by atoms with Crippen LogP contribution in [0.4, 0.5) is 0 Å². The number of aryl methyl sites for hydroxylation is 1. The summed E-state index contributed by atoms with van der Waals surface area (Å²) in [5.74, 6) is 0.546. The van der Waals surface area contributed by atoms with E-state index < -0.39 is 0 Å². The summed E-state index contributed by atoms with van der Waals surface area (Å²) >= 11 is 0. The predicted octanol–water partition coefficient (Wildman–Crippen LogP) is 3.30. The molecule has 3 nitrogen and oxygen atoms in total. The molecular formula is C14H17NO2. The molecule has 1 aromatic carbocycles. The zero-order chi connectivity index (χ0) is 12.6. The molecule has 0 unspecified atom stereocenters. The van der Waals surface area contributed by atoms with Crippen molar-refractivity contribution >= 4 is 11.0 Å². The molecule has 2 aromatic rings. The first kappa shape index (κ1) is 11.7. The van der Waals surface area contributed by atoms with Crippen LogP contribution in [0.2, 0.25) is 0 Å². The summed E-state index contributed by atoms with van der Waals surface area (Å²) in [5.41, 5.74) is 2.59. The molecule has 0 atom stereocenters. The molecule has 0 bridgehead atoms. The molecule has 0 spiro atoms. The second-order valence-electron chi connectivity index (χ2n) is 4.56. The van der Waals surface area contributed by atoms with Gasteiger partial charge < -0.3 is 9.52 Å². The highest BCUT2D eigenvalue weighted by molar-refractivity contribution is 5.84. The molecular weight excluding hydrogens is 214 g/mol. The van der Waals surface area contributed by atoms with E-state index in [0.29, 0.717) is 16.9 Å². The molecule has 2 rings (SSSR count). The number of nitrogens with one attached hydrogen (secondary N) is 1.